The van der Waals surface area contributed by atoms with Gasteiger partial charge in [0.05, 0.1) is 6.04 Å². The van der Waals surface area contributed by atoms with Gasteiger partial charge in [-0.05, 0) is 58.6 Å². The molecule has 1 unspecified atom stereocenters. The third kappa shape index (κ3) is 2.51. The summed E-state index contributed by atoms with van der Waals surface area (Å²) in [4.78, 5) is 0. The Labute approximate surface area is 142 Å². The minimum Gasteiger partial charge on any atom is -0.399 e. The van der Waals surface area contributed by atoms with Crippen molar-refractivity contribution < 1.29 is 0 Å². The number of likely N-dealkylation sites (N-methyl/N-ethyl adjacent to an activating group) is 1. The van der Waals surface area contributed by atoms with Crippen molar-refractivity contribution in [2.45, 2.75) is 6.04 Å². The standard InChI is InChI=1S/C22H20N2/c1-24-22-14-20(17-8-5-9-18(23)12-17)21-13-16(10-11-19(21)22)15-6-3-2-4-7-15/h2-14,22,24H,23H2,1H3. The largest absolute Gasteiger partial charge is 0.399 e. The van der Waals surface area contributed by atoms with Crippen LogP contribution in [0.4, 0.5) is 5.69 Å². The zero-order valence-corrected chi connectivity index (χ0v) is 13.7. The smallest absolute Gasteiger partial charge is 0.0519 e. The van der Waals surface area contributed by atoms with E-state index < -0.39 is 0 Å². The van der Waals surface area contributed by atoms with E-state index in [1.54, 1.807) is 0 Å². The number of benzene rings is 3. The van der Waals surface area contributed by atoms with Gasteiger partial charge in [-0.15, -0.1) is 0 Å². The van der Waals surface area contributed by atoms with Crippen molar-refractivity contribution in [2.75, 3.05) is 12.8 Å². The SMILES string of the molecule is CNC1C=C(c2cccc(N)c2)c2cc(-c3ccccc3)ccc21. The van der Waals surface area contributed by atoms with Gasteiger partial charge in [0, 0.05) is 5.69 Å². The summed E-state index contributed by atoms with van der Waals surface area (Å²) in [7, 11) is 2.00. The van der Waals surface area contributed by atoms with Crippen LogP contribution in [0.2, 0.25) is 0 Å². The van der Waals surface area contributed by atoms with Crippen molar-refractivity contribution in [3.05, 3.63) is 95.6 Å². The van der Waals surface area contributed by atoms with E-state index in [4.69, 9.17) is 5.73 Å². The summed E-state index contributed by atoms with van der Waals surface area (Å²) in [5, 5.41) is 3.39. The maximum atomic E-state index is 5.99. The highest BCUT2D eigenvalue weighted by atomic mass is 14.9. The predicted molar refractivity (Wildman–Crippen MR) is 102 cm³/mol. The van der Waals surface area contributed by atoms with Crippen molar-refractivity contribution in [3.8, 4) is 11.1 Å². The van der Waals surface area contributed by atoms with E-state index in [-0.39, 0.29) is 6.04 Å². The van der Waals surface area contributed by atoms with Gasteiger partial charge >= 0.3 is 0 Å². The Kier molecular flexibility index (Phi) is 3.68. The van der Waals surface area contributed by atoms with Crippen molar-refractivity contribution in [1.29, 1.82) is 0 Å². The Morgan fingerprint density at radius 2 is 1.58 bits per heavy atom. The van der Waals surface area contributed by atoms with Crippen LogP contribution in [0.1, 0.15) is 22.7 Å². The second-order valence-corrected chi connectivity index (χ2v) is 6.14. The Morgan fingerprint density at radius 3 is 2.33 bits per heavy atom. The van der Waals surface area contributed by atoms with E-state index in [9.17, 15) is 0 Å². The van der Waals surface area contributed by atoms with Gasteiger partial charge in [-0.2, -0.15) is 0 Å². The van der Waals surface area contributed by atoms with E-state index in [1.807, 2.05) is 31.3 Å². The van der Waals surface area contributed by atoms with Crippen molar-refractivity contribution in [1.82, 2.24) is 5.32 Å². The van der Waals surface area contributed by atoms with Crippen molar-refractivity contribution in [3.63, 3.8) is 0 Å². The van der Waals surface area contributed by atoms with Crippen LogP contribution in [-0.2, 0) is 0 Å². The van der Waals surface area contributed by atoms with E-state index >= 15 is 0 Å². The maximum Gasteiger partial charge on any atom is 0.0519 e. The van der Waals surface area contributed by atoms with Gasteiger partial charge in [0.15, 0.2) is 0 Å². The van der Waals surface area contributed by atoms with Crippen molar-refractivity contribution >= 4 is 11.3 Å². The number of anilines is 1. The number of nitrogens with two attached hydrogens (primary N) is 1. The lowest BCUT2D eigenvalue weighted by Crippen LogP contribution is -2.11. The minimum absolute atomic E-state index is 0.237. The normalized spacial score (nSPS) is 15.9. The van der Waals surface area contributed by atoms with Crippen LogP contribution in [0.3, 0.4) is 0 Å². The summed E-state index contributed by atoms with van der Waals surface area (Å²) >= 11 is 0. The predicted octanol–water partition coefficient (Wildman–Crippen LogP) is 4.64. The fraction of sp³-hybridized carbons (Fsp3) is 0.0909. The van der Waals surface area contributed by atoms with E-state index in [2.05, 4.69) is 59.9 Å². The molecule has 1 aliphatic carbocycles. The molecule has 2 nitrogen and oxygen atoms in total. The molecular weight excluding hydrogens is 292 g/mol. The lowest BCUT2D eigenvalue weighted by Gasteiger charge is -2.12. The third-order valence-corrected chi connectivity index (χ3v) is 4.63. The van der Waals surface area contributed by atoms with Crippen molar-refractivity contribution in [2.24, 2.45) is 0 Å². The molecule has 3 N–H and O–H groups in total. The van der Waals surface area contributed by atoms with Crippen LogP contribution in [0, 0.1) is 0 Å². The highest BCUT2D eigenvalue weighted by Gasteiger charge is 2.23. The quantitative estimate of drug-likeness (QED) is 0.691. The van der Waals surface area contributed by atoms with Crippen LogP contribution in [0.25, 0.3) is 16.7 Å². The molecule has 0 amide bonds. The van der Waals surface area contributed by atoms with Crippen LogP contribution in [-0.4, -0.2) is 7.05 Å². The third-order valence-electron chi connectivity index (χ3n) is 4.63. The molecule has 4 rings (SSSR count). The molecule has 0 saturated carbocycles. The Balaban J connectivity index is 1.85. The summed E-state index contributed by atoms with van der Waals surface area (Å²) < 4.78 is 0. The second kappa shape index (κ2) is 5.99. The fourth-order valence-corrected chi connectivity index (χ4v) is 3.41. The summed E-state index contributed by atoms with van der Waals surface area (Å²) in [6, 6.07) is 25.6. The first-order valence-corrected chi connectivity index (χ1v) is 8.21. The average Bonchev–Trinajstić information content (AvgIpc) is 3.00. The highest BCUT2D eigenvalue weighted by Crippen LogP contribution is 2.40. The molecular formula is C22H20N2. The zero-order valence-electron chi connectivity index (χ0n) is 13.7. The fourth-order valence-electron chi connectivity index (χ4n) is 3.41. The second-order valence-electron chi connectivity index (χ2n) is 6.14. The summed E-state index contributed by atoms with van der Waals surface area (Å²) in [6.45, 7) is 0. The molecule has 118 valence electrons. The number of rotatable bonds is 3. The minimum atomic E-state index is 0.237. The topological polar surface area (TPSA) is 38.0 Å². The molecule has 0 heterocycles. The van der Waals surface area contributed by atoms with Crippen LogP contribution >= 0.6 is 0 Å². The molecule has 0 fully saturated rings. The Morgan fingerprint density at radius 1 is 0.792 bits per heavy atom. The molecule has 0 aromatic heterocycles. The lowest BCUT2D eigenvalue weighted by molar-refractivity contribution is 0.725. The highest BCUT2D eigenvalue weighted by molar-refractivity contribution is 5.88. The van der Waals surface area contributed by atoms with Crippen LogP contribution < -0.4 is 11.1 Å². The molecule has 0 aliphatic heterocycles. The molecule has 0 saturated heterocycles. The summed E-state index contributed by atoms with van der Waals surface area (Å²) in [5.74, 6) is 0. The molecule has 3 aromatic rings. The molecule has 2 heteroatoms. The number of hydrogen-bond donors (Lipinski definition) is 2. The first-order valence-electron chi connectivity index (χ1n) is 8.21. The van der Waals surface area contributed by atoms with Gasteiger partial charge in [0.1, 0.15) is 0 Å². The van der Waals surface area contributed by atoms with Gasteiger partial charge in [-0.1, -0.05) is 60.7 Å². The monoisotopic (exact) mass is 312 g/mol. The van der Waals surface area contributed by atoms with Gasteiger partial charge in [0.25, 0.3) is 0 Å². The van der Waals surface area contributed by atoms with E-state index in [1.165, 1.54) is 33.4 Å². The number of fused-ring (bicyclic) bond motifs is 1. The maximum absolute atomic E-state index is 5.99. The molecule has 24 heavy (non-hydrogen) atoms. The Bertz CT molecular complexity index is 910. The first-order chi connectivity index (χ1) is 11.8. The first kappa shape index (κ1) is 14.7. The number of nitrogen functional groups attached to an aromatic ring is 1. The number of nitrogens with one attached hydrogen (secondary N) is 1. The molecule has 0 spiro atoms. The summed E-state index contributed by atoms with van der Waals surface area (Å²) in [6.07, 6.45) is 2.29. The molecule has 0 bridgehead atoms. The zero-order chi connectivity index (χ0) is 16.5. The number of hydrogen-bond acceptors (Lipinski definition) is 2. The van der Waals surface area contributed by atoms with E-state index in [0.717, 1.165) is 5.69 Å². The van der Waals surface area contributed by atoms with Gasteiger partial charge < -0.3 is 11.1 Å². The van der Waals surface area contributed by atoms with Gasteiger partial charge in [0.2, 0.25) is 0 Å². The summed E-state index contributed by atoms with van der Waals surface area (Å²) in [5.41, 5.74) is 14.3. The molecule has 1 atom stereocenters. The van der Waals surface area contributed by atoms with E-state index in [0.29, 0.717) is 0 Å². The molecule has 3 aromatic carbocycles. The molecule has 0 radical (unpaired) electrons. The van der Waals surface area contributed by atoms with Crippen LogP contribution in [0.15, 0.2) is 78.9 Å². The van der Waals surface area contributed by atoms with Crippen LogP contribution in [0.5, 0.6) is 0 Å². The Hall–Kier alpha value is -2.84. The molecule has 1 aliphatic rings. The average molecular weight is 312 g/mol. The van der Waals surface area contributed by atoms with Gasteiger partial charge in [-0.25, -0.2) is 0 Å². The van der Waals surface area contributed by atoms with Gasteiger partial charge in [-0.3, -0.25) is 0 Å². The lowest BCUT2D eigenvalue weighted by atomic mass is 9.94.